The minimum Gasteiger partial charge on any atom is -0.356 e. The van der Waals surface area contributed by atoms with Gasteiger partial charge in [-0.2, -0.15) is 0 Å². The SMILES string of the molecule is Cc1[nH]c2c(F)ccc(C)c2c1CCNC(=O)/C=C/c1ccc(Br)cc1. The number of nitrogens with one attached hydrogen (secondary N) is 2. The molecule has 0 atom stereocenters. The third-order valence-electron chi connectivity index (χ3n) is 4.40. The van der Waals surface area contributed by atoms with E-state index < -0.39 is 0 Å². The number of aromatic nitrogens is 1. The fourth-order valence-corrected chi connectivity index (χ4v) is 3.34. The van der Waals surface area contributed by atoms with Crippen molar-refractivity contribution in [1.29, 1.82) is 0 Å². The van der Waals surface area contributed by atoms with Crippen LogP contribution in [0.4, 0.5) is 4.39 Å². The molecule has 5 heteroatoms. The number of carbonyl (C=O) groups is 1. The number of hydrogen-bond acceptors (Lipinski definition) is 1. The number of fused-ring (bicyclic) bond motifs is 1. The Morgan fingerprint density at radius 2 is 1.92 bits per heavy atom. The van der Waals surface area contributed by atoms with Crippen LogP contribution in [0.3, 0.4) is 0 Å². The summed E-state index contributed by atoms with van der Waals surface area (Å²) in [6.07, 6.45) is 3.95. The van der Waals surface area contributed by atoms with E-state index in [0.29, 0.717) is 18.5 Å². The first-order valence-electron chi connectivity index (χ1n) is 8.43. The molecule has 1 heterocycles. The smallest absolute Gasteiger partial charge is 0.244 e. The van der Waals surface area contributed by atoms with Crippen molar-refractivity contribution in [3.05, 3.63) is 75.1 Å². The highest BCUT2D eigenvalue weighted by atomic mass is 79.9. The van der Waals surface area contributed by atoms with Crippen LogP contribution in [0.1, 0.15) is 22.4 Å². The average Bonchev–Trinajstić information content (AvgIpc) is 2.96. The summed E-state index contributed by atoms with van der Waals surface area (Å²) in [7, 11) is 0. The van der Waals surface area contributed by atoms with E-state index in [0.717, 1.165) is 32.2 Å². The predicted octanol–water partition coefficient (Wildman–Crippen LogP) is 5.06. The van der Waals surface area contributed by atoms with Crippen molar-refractivity contribution < 1.29 is 9.18 Å². The molecule has 0 saturated heterocycles. The lowest BCUT2D eigenvalue weighted by Gasteiger charge is -2.05. The zero-order valence-corrected chi connectivity index (χ0v) is 16.3. The van der Waals surface area contributed by atoms with Gasteiger partial charge in [-0.3, -0.25) is 4.79 Å². The number of benzene rings is 2. The minimum atomic E-state index is -0.249. The summed E-state index contributed by atoms with van der Waals surface area (Å²) < 4.78 is 15.0. The Kier molecular flexibility index (Phi) is 5.57. The maximum atomic E-state index is 14.0. The van der Waals surface area contributed by atoms with Gasteiger partial charge in [-0.05, 0) is 61.2 Å². The molecule has 3 rings (SSSR count). The fourth-order valence-electron chi connectivity index (χ4n) is 3.07. The van der Waals surface area contributed by atoms with Crippen molar-refractivity contribution in [2.45, 2.75) is 20.3 Å². The third-order valence-corrected chi connectivity index (χ3v) is 4.93. The van der Waals surface area contributed by atoms with Crippen molar-refractivity contribution >= 4 is 38.8 Å². The number of amides is 1. The second kappa shape index (κ2) is 7.87. The number of aryl methyl sites for hydroxylation is 2. The highest BCUT2D eigenvalue weighted by Crippen LogP contribution is 2.27. The molecule has 134 valence electrons. The van der Waals surface area contributed by atoms with Crippen molar-refractivity contribution in [2.24, 2.45) is 0 Å². The van der Waals surface area contributed by atoms with Crippen LogP contribution in [-0.2, 0) is 11.2 Å². The largest absolute Gasteiger partial charge is 0.356 e. The van der Waals surface area contributed by atoms with E-state index in [2.05, 4.69) is 26.2 Å². The van der Waals surface area contributed by atoms with Crippen LogP contribution in [0.15, 0.2) is 46.9 Å². The first-order valence-corrected chi connectivity index (χ1v) is 9.22. The lowest BCUT2D eigenvalue weighted by molar-refractivity contribution is -0.116. The molecule has 0 radical (unpaired) electrons. The normalized spacial score (nSPS) is 11.4. The molecule has 1 aromatic heterocycles. The Hall–Kier alpha value is -2.40. The van der Waals surface area contributed by atoms with Gasteiger partial charge in [0.25, 0.3) is 0 Å². The van der Waals surface area contributed by atoms with Gasteiger partial charge < -0.3 is 10.3 Å². The molecule has 3 aromatic rings. The predicted molar refractivity (Wildman–Crippen MR) is 108 cm³/mol. The van der Waals surface area contributed by atoms with Gasteiger partial charge in [-0.15, -0.1) is 0 Å². The lowest BCUT2D eigenvalue weighted by Crippen LogP contribution is -2.23. The number of halogens is 2. The molecule has 3 nitrogen and oxygen atoms in total. The first-order chi connectivity index (χ1) is 12.5. The Morgan fingerprint density at radius 3 is 2.65 bits per heavy atom. The van der Waals surface area contributed by atoms with Gasteiger partial charge >= 0.3 is 0 Å². The van der Waals surface area contributed by atoms with Gasteiger partial charge in [-0.25, -0.2) is 4.39 Å². The molecule has 0 unspecified atom stereocenters. The van der Waals surface area contributed by atoms with Gasteiger partial charge in [0.1, 0.15) is 5.82 Å². The van der Waals surface area contributed by atoms with Crippen LogP contribution in [0.2, 0.25) is 0 Å². The molecular weight excluding hydrogens is 395 g/mol. The van der Waals surface area contributed by atoms with E-state index in [1.54, 1.807) is 12.1 Å². The molecule has 0 saturated carbocycles. The molecule has 1 amide bonds. The number of carbonyl (C=O) groups excluding carboxylic acids is 1. The van der Waals surface area contributed by atoms with Gasteiger partial charge in [-0.1, -0.05) is 34.1 Å². The second-order valence-corrected chi connectivity index (χ2v) is 7.18. The molecule has 0 fully saturated rings. The Balaban J connectivity index is 1.64. The van der Waals surface area contributed by atoms with Crippen molar-refractivity contribution in [2.75, 3.05) is 6.54 Å². The Bertz CT molecular complexity index is 974. The maximum Gasteiger partial charge on any atom is 0.244 e. The van der Waals surface area contributed by atoms with E-state index in [9.17, 15) is 9.18 Å². The van der Waals surface area contributed by atoms with E-state index in [4.69, 9.17) is 0 Å². The summed E-state index contributed by atoms with van der Waals surface area (Å²) in [6, 6.07) is 11.0. The highest BCUT2D eigenvalue weighted by Gasteiger charge is 2.13. The van der Waals surface area contributed by atoms with Gasteiger partial charge in [0.05, 0.1) is 5.52 Å². The van der Waals surface area contributed by atoms with Gasteiger partial charge in [0.2, 0.25) is 5.91 Å². The van der Waals surface area contributed by atoms with Crippen LogP contribution < -0.4 is 5.32 Å². The topological polar surface area (TPSA) is 44.9 Å². The summed E-state index contributed by atoms with van der Waals surface area (Å²) in [4.78, 5) is 15.1. The number of hydrogen-bond donors (Lipinski definition) is 2. The van der Waals surface area contributed by atoms with E-state index >= 15 is 0 Å². The van der Waals surface area contributed by atoms with Crippen LogP contribution in [0.25, 0.3) is 17.0 Å². The Morgan fingerprint density at radius 1 is 1.19 bits per heavy atom. The van der Waals surface area contributed by atoms with Crippen LogP contribution in [0.5, 0.6) is 0 Å². The summed E-state index contributed by atoms with van der Waals surface area (Å²) in [6.45, 7) is 4.40. The molecule has 2 aromatic carbocycles. The molecule has 0 aliphatic heterocycles. The van der Waals surface area contributed by atoms with Crippen molar-refractivity contribution in [1.82, 2.24) is 10.3 Å². The van der Waals surface area contributed by atoms with Crippen LogP contribution in [-0.4, -0.2) is 17.4 Å². The van der Waals surface area contributed by atoms with Crippen LogP contribution in [0, 0.1) is 19.7 Å². The highest BCUT2D eigenvalue weighted by molar-refractivity contribution is 9.10. The van der Waals surface area contributed by atoms with Crippen LogP contribution >= 0.6 is 15.9 Å². The number of H-pyrrole nitrogens is 1. The zero-order valence-electron chi connectivity index (χ0n) is 14.7. The van der Waals surface area contributed by atoms with Gasteiger partial charge in [0, 0.05) is 28.2 Å². The van der Waals surface area contributed by atoms with Crippen molar-refractivity contribution in [3.8, 4) is 0 Å². The second-order valence-electron chi connectivity index (χ2n) is 6.27. The monoisotopic (exact) mass is 414 g/mol. The summed E-state index contributed by atoms with van der Waals surface area (Å²) in [5, 5.41) is 3.80. The first kappa shape index (κ1) is 18.4. The third kappa shape index (κ3) is 4.05. The molecule has 0 aliphatic rings. The van der Waals surface area contributed by atoms with Gasteiger partial charge in [0.15, 0.2) is 0 Å². The molecule has 0 spiro atoms. The quantitative estimate of drug-likeness (QED) is 0.563. The summed E-state index contributed by atoms with van der Waals surface area (Å²) in [5.41, 5.74) is 4.52. The molecule has 26 heavy (non-hydrogen) atoms. The zero-order chi connectivity index (χ0) is 18.7. The molecule has 0 aliphatic carbocycles. The Labute approximate surface area is 160 Å². The maximum absolute atomic E-state index is 14.0. The number of rotatable bonds is 5. The number of aromatic amines is 1. The lowest BCUT2D eigenvalue weighted by atomic mass is 10.0. The van der Waals surface area contributed by atoms with E-state index in [1.807, 2.05) is 38.1 Å². The minimum absolute atomic E-state index is 0.145. The molecule has 0 bridgehead atoms. The summed E-state index contributed by atoms with van der Waals surface area (Å²) >= 11 is 3.38. The average molecular weight is 415 g/mol. The molecule has 2 N–H and O–H groups in total. The van der Waals surface area contributed by atoms with E-state index in [1.165, 1.54) is 12.1 Å². The fraction of sp³-hybridized carbons (Fsp3) is 0.190. The standard InChI is InChI=1S/C21H20BrFN2O/c1-13-3-9-18(23)21-20(13)17(14(2)25-21)11-12-24-19(26)10-6-15-4-7-16(22)8-5-15/h3-10,25H,11-12H2,1-2H3,(H,24,26)/b10-6+. The molecular formula is C21H20BrFN2O. The van der Waals surface area contributed by atoms with E-state index in [-0.39, 0.29) is 11.7 Å². The summed E-state index contributed by atoms with van der Waals surface area (Å²) in [5.74, 6) is -0.394. The van der Waals surface area contributed by atoms with Crippen molar-refractivity contribution in [3.63, 3.8) is 0 Å².